The van der Waals surface area contributed by atoms with Crippen LogP contribution in [0.5, 0.6) is 11.5 Å². The molecule has 1 aliphatic rings. The first kappa shape index (κ1) is 19.7. The largest absolute Gasteiger partial charge is 0.497 e. The predicted molar refractivity (Wildman–Crippen MR) is 106 cm³/mol. The van der Waals surface area contributed by atoms with Gasteiger partial charge in [-0.3, -0.25) is 9.69 Å². The normalized spacial score (nSPS) is 15.5. The van der Waals surface area contributed by atoms with Gasteiger partial charge in [0.1, 0.15) is 17.5 Å². The van der Waals surface area contributed by atoms with Crippen molar-refractivity contribution in [1.29, 1.82) is 5.26 Å². The Labute approximate surface area is 165 Å². The summed E-state index contributed by atoms with van der Waals surface area (Å²) in [6, 6.07) is 17.2. The van der Waals surface area contributed by atoms with E-state index in [4.69, 9.17) is 9.47 Å². The lowest BCUT2D eigenvalue weighted by Crippen LogP contribution is -2.49. The van der Waals surface area contributed by atoms with Crippen LogP contribution in [0.4, 0.5) is 0 Å². The molecular formula is C22H25N3O3. The van der Waals surface area contributed by atoms with Crippen LogP contribution in [0.2, 0.25) is 0 Å². The van der Waals surface area contributed by atoms with Crippen molar-refractivity contribution >= 4 is 5.91 Å². The second kappa shape index (κ2) is 9.25. The first-order valence-corrected chi connectivity index (χ1v) is 9.33. The average molecular weight is 379 g/mol. The van der Waals surface area contributed by atoms with Gasteiger partial charge in [0.05, 0.1) is 26.7 Å². The van der Waals surface area contributed by atoms with Gasteiger partial charge in [-0.2, -0.15) is 5.26 Å². The standard InChI is InChI=1S/C22H25N3O3/c1-27-19-7-3-17(4-8-19)15-22(26)25-13-11-24(12-14-25)21(16-23)18-5-9-20(28-2)10-6-18/h3-10,21H,11-15H2,1-2H3. The third kappa shape index (κ3) is 4.62. The lowest BCUT2D eigenvalue weighted by Gasteiger charge is -2.37. The van der Waals surface area contributed by atoms with Gasteiger partial charge in [-0.15, -0.1) is 0 Å². The summed E-state index contributed by atoms with van der Waals surface area (Å²) in [5.74, 6) is 1.67. The Balaban J connectivity index is 1.56. The molecule has 0 aromatic heterocycles. The summed E-state index contributed by atoms with van der Waals surface area (Å²) in [6.45, 7) is 2.61. The van der Waals surface area contributed by atoms with Crippen LogP contribution < -0.4 is 9.47 Å². The Hall–Kier alpha value is -3.04. The molecule has 1 atom stereocenters. The van der Waals surface area contributed by atoms with Crippen molar-refractivity contribution < 1.29 is 14.3 Å². The molecule has 6 heteroatoms. The molecule has 0 saturated carbocycles. The third-order valence-electron chi connectivity index (χ3n) is 5.10. The molecule has 1 aliphatic heterocycles. The lowest BCUT2D eigenvalue weighted by atomic mass is 10.1. The van der Waals surface area contributed by atoms with Crippen molar-refractivity contribution in [3.8, 4) is 17.6 Å². The van der Waals surface area contributed by atoms with Crippen LogP contribution in [0.1, 0.15) is 17.2 Å². The van der Waals surface area contributed by atoms with Gasteiger partial charge < -0.3 is 14.4 Å². The molecule has 1 amide bonds. The van der Waals surface area contributed by atoms with Gasteiger partial charge in [0.25, 0.3) is 0 Å². The molecule has 0 spiro atoms. The molecule has 28 heavy (non-hydrogen) atoms. The molecule has 1 saturated heterocycles. The van der Waals surface area contributed by atoms with E-state index in [0.29, 0.717) is 32.6 Å². The van der Waals surface area contributed by atoms with Crippen LogP contribution >= 0.6 is 0 Å². The Morgan fingerprint density at radius 3 is 2.00 bits per heavy atom. The van der Waals surface area contributed by atoms with Gasteiger partial charge in [-0.1, -0.05) is 24.3 Å². The van der Waals surface area contributed by atoms with Crippen LogP contribution in [-0.4, -0.2) is 56.1 Å². The molecule has 3 rings (SSSR count). The monoisotopic (exact) mass is 379 g/mol. The van der Waals surface area contributed by atoms with E-state index in [1.807, 2.05) is 53.4 Å². The van der Waals surface area contributed by atoms with E-state index in [-0.39, 0.29) is 11.9 Å². The fraction of sp³-hybridized carbons (Fsp3) is 0.364. The molecule has 146 valence electrons. The SMILES string of the molecule is COc1ccc(CC(=O)N2CCN(C(C#N)c3ccc(OC)cc3)CC2)cc1. The fourth-order valence-electron chi connectivity index (χ4n) is 3.41. The van der Waals surface area contributed by atoms with E-state index in [0.717, 1.165) is 22.6 Å². The molecule has 0 aliphatic carbocycles. The highest BCUT2D eigenvalue weighted by molar-refractivity contribution is 5.79. The van der Waals surface area contributed by atoms with Crippen molar-refractivity contribution in [3.63, 3.8) is 0 Å². The Kier molecular flexibility index (Phi) is 6.51. The number of carbonyl (C=O) groups is 1. The van der Waals surface area contributed by atoms with E-state index in [2.05, 4.69) is 11.0 Å². The number of nitrogens with zero attached hydrogens (tertiary/aromatic N) is 3. The number of amides is 1. The summed E-state index contributed by atoms with van der Waals surface area (Å²) in [7, 11) is 3.25. The Morgan fingerprint density at radius 2 is 1.50 bits per heavy atom. The molecular weight excluding hydrogens is 354 g/mol. The van der Waals surface area contributed by atoms with Crippen LogP contribution in [-0.2, 0) is 11.2 Å². The summed E-state index contributed by atoms with van der Waals surface area (Å²) in [6.07, 6.45) is 0.379. The minimum Gasteiger partial charge on any atom is -0.497 e. The number of piperazine rings is 1. The molecule has 0 radical (unpaired) electrons. The highest BCUT2D eigenvalue weighted by atomic mass is 16.5. The van der Waals surface area contributed by atoms with Gasteiger partial charge in [0, 0.05) is 26.2 Å². The summed E-state index contributed by atoms with van der Waals surface area (Å²) in [4.78, 5) is 16.6. The number of hydrogen-bond acceptors (Lipinski definition) is 5. The number of methoxy groups -OCH3 is 2. The first-order valence-electron chi connectivity index (χ1n) is 9.33. The molecule has 1 unspecified atom stereocenters. The number of ether oxygens (including phenoxy) is 2. The van der Waals surface area contributed by atoms with Crippen molar-refractivity contribution in [2.75, 3.05) is 40.4 Å². The van der Waals surface area contributed by atoms with Crippen LogP contribution in [0.15, 0.2) is 48.5 Å². The second-order valence-corrected chi connectivity index (χ2v) is 6.75. The highest BCUT2D eigenvalue weighted by Gasteiger charge is 2.27. The summed E-state index contributed by atoms with van der Waals surface area (Å²) < 4.78 is 10.3. The molecule has 0 N–H and O–H groups in total. The van der Waals surface area contributed by atoms with Crippen molar-refractivity contribution in [2.24, 2.45) is 0 Å². The molecule has 1 fully saturated rings. The quantitative estimate of drug-likeness (QED) is 0.772. The van der Waals surface area contributed by atoms with Crippen LogP contribution in [0.3, 0.4) is 0 Å². The number of hydrogen-bond donors (Lipinski definition) is 0. The Morgan fingerprint density at radius 1 is 0.964 bits per heavy atom. The van der Waals surface area contributed by atoms with Crippen molar-refractivity contribution in [2.45, 2.75) is 12.5 Å². The van der Waals surface area contributed by atoms with Crippen LogP contribution in [0.25, 0.3) is 0 Å². The molecule has 0 bridgehead atoms. The average Bonchev–Trinajstić information content (AvgIpc) is 2.75. The number of rotatable bonds is 6. The summed E-state index contributed by atoms with van der Waals surface area (Å²) >= 11 is 0. The minimum absolute atomic E-state index is 0.114. The molecule has 2 aromatic rings. The molecule has 1 heterocycles. The maximum Gasteiger partial charge on any atom is 0.227 e. The van der Waals surface area contributed by atoms with Crippen molar-refractivity contribution in [1.82, 2.24) is 9.80 Å². The summed E-state index contributed by atoms with van der Waals surface area (Å²) in [5.41, 5.74) is 1.92. The van der Waals surface area contributed by atoms with E-state index < -0.39 is 0 Å². The van der Waals surface area contributed by atoms with E-state index >= 15 is 0 Å². The van der Waals surface area contributed by atoms with Gasteiger partial charge in [-0.05, 0) is 35.4 Å². The lowest BCUT2D eigenvalue weighted by molar-refractivity contribution is -0.132. The van der Waals surface area contributed by atoms with Crippen LogP contribution in [0, 0.1) is 11.3 Å². The van der Waals surface area contributed by atoms with Crippen molar-refractivity contribution in [3.05, 3.63) is 59.7 Å². The fourth-order valence-corrected chi connectivity index (χ4v) is 3.41. The number of benzene rings is 2. The molecule has 6 nitrogen and oxygen atoms in total. The maximum absolute atomic E-state index is 12.6. The van der Waals surface area contributed by atoms with E-state index in [1.54, 1.807) is 14.2 Å². The number of nitriles is 1. The molecule has 2 aromatic carbocycles. The zero-order valence-electron chi connectivity index (χ0n) is 16.3. The smallest absolute Gasteiger partial charge is 0.227 e. The van der Waals surface area contributed by atoms with E-state index in [1.165, 1.54) is 0 Å². The zero-order valence-corrected chi connectivity index (χ0v) is 16.3. The Bertz CT molecular complexity index is 820. The van der Waals surface area contributed by atoms with Gasteiger partial charge >= 0.3 is 0 Å². The van der Waals surface area contributed by atoms with Gasteiger partial charge in [0.15, 0.2) is 0 Å². The van der Waals surface area contributed by atoms with Gasteiger partial charge in [-0.25, -0.2) is 0 Å². The number of carbonyl (C=O) groups excluding carboxylic acids is 1. The zero-order chi connectivity index (χ0) is 19.9. The third-order valence-corrected chi connectivity index (χ3v) is 5.10. The highest BCUT2D eigenvalue weighted by Crippen LogP contribution is 2.24. The second-order valence-electron chi connectivity index (χ2n) is 6.75. The topological polar surface area (TPSA) is 65.8 Å². The predicted octanol–water partition coefficient (Wildman–Crippen LogP) is 2.66. The van der Waals surface area contributed by atoms with Gasteiger partial charge in [0.2, 0.25) is 5.91 Å². The van der Waals surface area contributed by atoms with E-state index in [9.17, 15) is 10.1 Å². The summed E-state index contributed by atoms with van der Waals surface area (Å²) in [5, 5.41) is 9.66. The minimum atomic E-state index is -0.315. The first-order chi connectivity index (χ1) is 13.6. The maximum atomic E-state index is 12.6.